The van der Waals surface area contributed by atoms with Gasteiger partial charge in [0.1, 0.15) is 5.75 Å². The number of hydrogen-bond donors (Lipinski definition) is 0. The van der Waals surface area contributed by atoms with E-state index in [1.54, 1.807) is 0 Å². The summed E-state index contributed by atoms with van der Waals surface area (Å²) in [5, 5.41) is 10.6. The number of ether oxygens (including phenoxy) is 2. The summed E-state index contributed by atoms with van der Waals surface area (Å²) in [4.78, 5) is 21.7. The topological polar surface area (TPSA) is 100 Å². The predicted octanol–water partition coefficient (Wildman–Crippen LogP) is 3.01. The Balaban J connectivity index is 2.20. The first-order chi connectivity index (χ1) is 10.1. The average molecular weight is 311 g/mol. The molecule has 0 aliphatic carbocycles. The molecular formula is C12H11ClN4O4. The number of aromatic nitrogens is 3. The molecule has 0 fully saturated rings. The van der Waals surface area contributed by atoms with Crippen LogP contribution in [-0.4, -0.2) is 26.5 Å². The molecule has 0 aliphatic heterocycles. The lowest BCUT2D eigenvalue weighted by Gasteiger charge is -2.06. The molecule has 110 valence electrons. The molecule has 0 bridgehead atoms. The minimum atomic E-state index is -0.525. The third kappa shape index (κ3) is 4.25. The molecule has 1 aromatic carbocycles. The highest BCUT2D eigenvalue weighted by atomic mass is 35.5. The van der Waals surface area contributed by atoms with Crippen LogP contribution in [0.3, 0.4) is 0 Å². The summed E-state index contributed by atoms with van der Waals surface area (Å²) in [5.74, 6) is 0.216. The van der Waals surface area contributed by atoms with Crippen molar-refractivity contribution >= 4 is 17.3 Å². The number of nitrogens with zero attached hydrogens (tertiary/aromatic N) is 4. The number of rotatable bonds is 6. The molecule has 0 saturated carbocycles. The van der Waals surface area contributed by atoms with Gasteiger partial charge in [-0.15, -0.1) is 4.98 Å². The van der Waals surface area contributed by atoms with E-state index in [4.69, 9.17) is 21.1 Å². The van der Waals surface area contributed by atoms with E-state index >= 15 is 0 Å². The Labute approximate surface area is 124 Å². The van der Waals surface area contributed by atoms with Gasteiger partial charge in [0.15, 0.2) is 0 Å². The fourth-order valence-electron chi connectivity index (χ4n) is 1.38. The fourth-order valence-corrected chi connectivity index (χ4v) is 1.53. The van der Waals surface area contributed by atoms with E-state index in [0.29, 0.717) is 6.61 Å². The maximum Gasteiger partial charge on any atom is 0.329 e. The molecule has 21 heavy (non-hydrogen) atoms. The molecule has 0 atom stereocenters. The molecule has 2 rings (SSSR count). The van der Waals surface area contributed by atoms with Crippen molar-refractivity contribution in [1.82, 2.24) is 15.0 Å². The van der Waals surface area contributed by atoms with Crippen molar-refractivity contribution in [3.8, 4) is 17.8 Å². The van der Waals surface area contributed by atoms with Crippen LogP contribution in [-0.2, 0) is 0 Å². The SMILES string of the molecule is CCCOc1nc(Cl)nc(Oc2cccc([N+](=O)[O-])c2)n1. The molecule has 0 saturated heterocycles. The highest BCUT2D eigenvalue weighted by Crippen LogP contribution is 2.24. The molecular weight excluding hydrogens is 300 g/mol. The lowest BCUT2D eigenvalue weighted by molar-refractivity contribution is -0.384. The molecule has 0 spiro atoms. The number of hydrogen-bond acceptors (Lipinski definition) is 7. The van der Waals surface area contributed by atoms with Crippen LogP contribution in [0.2, 0.25) is 5.28 Å². The van der Waals surface area contributed by atoms with Gasteiger partial charge in [-0.25, -0.2) is 0 Å². The Morgan fingerprint density at radius 2 is 2.05 bits per heavy atom. The monoisotopic (exact) mass is 310 g/mol. The summed E-state index contributed by atoms with van der Waals surface area (Å²) < 4.78 is 10.6. The van der Waals surface area contributed by atoms with Gasteiger partial charge in [-0.2, -0.15) is 9.97 Å². The maximum atomic E-state index is 10.7. The standard InChI is InChI=1S/C12H11ClN4O4/c1-2-6-20-11-14-10(13)15-12(16-11)21-9-5-3-4-8(7-9)17(18)19/h3-5,7H,2,6H2,1H3. The highest BCUT2D eigenvalue weighted by Gasteiger charge is 2.11. The summed E-state index contributed by atoms with van der Waals surface area (Å²) in [6, 6.07) is 5.58. The van der Waals surface area contributed by atoms with Crippen molar-refractivity contribution in [2.75, 3.05) is 6.61 Å². The second kappa shape index (κ2) is 6.80. The zero-order chi connectivity index (χ0) is 15.2. The first kappa shape index (κ1) is 14.9. The summed E-state index contributed by atoms with van der Waals surface area (Å²) >= 11 is 5.75. The molecule has 0 aliphatic rings. The Morgan fingerprint density at radius 1 is 1.29 bits per heavy atom. The molecule has 9 heteroatoms. The zero-order valence-electron chi connectivity index (χ0n) is 11.0. The van der Waals surface area contributed by atoms with E-state index in [2.05, 4.69) is 15.0 Å². The average Bonchev–Trinajstić information content (AvgIpc) is 2.45. The van der Waals surface area contributed by atoms with E-state index in [1.807, 2.05) is 6.92 Å². The second-order valence-electron chi connectivity index (χ2n) is 3.87. The van der Waals surface area contributed by atoms with Crippen LogP contribution in [0.5, 0.6) is 17.8 Å². The molecule has 2 aromatic rings. The summed E-state index contributed by atoms with van der Waals surface area (Å²) in [6.07, 6.45) is 0.782. The number of non-ortho nitro benzene ring substituents is 1. The van der Waals surface area contributed by atoms with Crippen molar-refractivity contribution in [3.05, 3.63) is 39.7 Å². The lowest BCUT2D eigenvalue weighted by Crippen LogP contribution is -2.03. The smallest absolute Gasteiger partial charge is 0.329 e. The molecule has 1 heterocycles. The lowest BCUT2D eigenvalue weighted by atomic mass is 10.3. The fraction of sp³-hybridized carbons (Fsp3) is 0.250. The van der Waals surface area contributed by atoms with Crippen molar-refractivity contribution in [3.63, 3.8) is 0 Å². The summed E-state index contributed by atoms with van der Waals surface area (Å²) in [5.41, 5.74) is -0.102. The van der Waals surface area contributed by atoms with Gasteiger partial charge in [0.25, 0.3) is 5.69 Å². The predicted molar refractivity (Wildman–Crippen MR) is 73.8 cm³/mol. The van der Waals surface area contributed by atoms with E-state index in [1.165, 1.54) is 24.3 Å². The Hall–Kier alpha value is -2.48. The van der Waals surface area contributed by atoms with Crippen LogP contribution in [0, 0.1) is 10.1 Å². The first-order valence-corrected chi connectivity index (χ1v) is 6.43. The van der Waals surface area contributed by atoms with E-state index in [9.17, 15) is 10.1 Å². The Morgan fingerprint density at radius 3 is 2.76 bits per heavy atom. The highest BCUT2D eigenvalue weighted by molar-refractivity contribution is 6.28. The van der Waals surface area contributed by atoms with Gasteiger partial charge >= 0.3 is 12.0 Å². The van der Waals surface area contributed by atoms with Gasteiger partial charge in [0.05, 0.1) is 17.6 Å². The van der Waals surface area contributed by atoms with Crippen molar-refractivity contribution < 1.29 is 14.4 Å². The number of benzene rings is 1. The van der Waals surface area contributed by atoms with Crippen LogP contribution < -0.4 is 9.47 Å². The van der Waals surface area contributed by atoms with Gasteiger partial charge < -0.3 is 9.47 Å². The van der Waals surface area contributed by atoms with Crippen LogP contribution >= 0.6 is 11.6 Å². The molecule has 1 aromatic heterocycles. The third-order valence-electron chi connectivity index (χ3n) is 2.24. The quantitative estimate of drug-likeness (QED) is 0.597. The van der Waals surface area contributed by atoms with Gasteiger partial charge in [0.2, 0.25) is 5.28 Å². The number of halogens is 1. The van der Waals surface area contributed by atoms with Crippen molar-refractivity contribution in [2.45, 2.75) is 13.3 Å². The van der Waals surface area contributed by atoms with E-state index in [0.717, 1.165) is 6.42 Å². The normalized spacial score (nSPS) is 10.2. The third-order valence-corrected chi connectivity index (χ3v) is 2.41. The van der Waals surface area contributed by atoms with E-state index in [-0.39, 0.29) is 28.7 Å². The summed E-state index contributed by atoms with van der Waals surface area (Å²) in [7, 11) is 0. The van der Waals surface area contributed by atoms with Crippen molar-refractivity contribution in [2.24, 2.45) is 0 Å². The Bertz CT molecular complexity index is 653. The summed E-state index contributed by atoms with van der Waals surface area (Å²) in [6.45, 7) is 2.36. The first-order valence-electron chi connectivity index (χ1n) is 6.05. The van der Waals surface area contributed by atoms with Crippen LogP contribution in [0.25, 0.3) is 0 Å². The van der Waals surface area contributed by atoms with Crippen LogP contribution in [0.1, 0.15) is 13.3 Å². The van der Waals surface area contributed by atoms with Crippen LogP contribution in [0.15, 0.2) is 24.3 Å². The van der Waals surface area contributed by atoms with Crippen molar-refractivity contribution in [1.29, 1.82) is 0 Å². The van der Waals surface area contributed by atoms with Gasteiger partial charge in [-0.05, 0) is 24.1 Å². The molecule has 0 N–H and O–H groups in total. The minimum Gasteiger partial charge on any atom is -0.463 e. The second-order valence-corrected chi connectivity index (χ2v) is 4.21. The number of nitro benzene ring substituents is 1. The minimum absolute atomic E-state index is 0.0391. The van der Waals surface area contributed by atoms with Gasteiger partial charge in [-0.1, -0.05) is 13.0 Å². The van der Waals surface area contributed by atoms with Gasteiger partial charge in [0, 0.05) is 6.07 Å². The molecule has 0 amide bonds. The number of nitro groups is 1. The largest absolute Gasteiger partial charge is 0.463 e. The molecule has 0 radical (unpaired) electrons. The molecule has 8 nitrogen and oxygen atoms in total. The van der Waals surface area contributed by atoms with Gasteiger partial charge in [-0.3, -0.25) is 10.1 Å². The zero-order valence-corrected chi connectivity index (χ0v) is 11.8. The van der Waals surface area contributed by atoms with E-state index < -0.39 is 4.92 Å². The van der Waals surface area contributed by atoms with Crippen LogP contribution in [0.4, 0.5) is 5.69 Å². The maximum absolute atomic E-state index is 10.7. The molecule has 0 unspecified atom stereocenters. The Kier molecular flexibility index (Phi) is 4.83.